The average Bonchev–Trinajstić information content (AvgIpc) is 3.30. The number of halogens is 2. The van der Waals surface area contributed by atoms with Crippen molar-refractivity contribution >= 4 is 50.4 Å². The molecule has 0 saturated heterocycles. The van der Waals surface area contributed by atoms with Crippen LogP contribution in [-0.4, -0.2) is 24.3 Å². The molecule has 28 heavy (non-hydrogen) atoms. The standard InChI is InChI=1S/C21H18F2N4S/c1-11-9-26-19-13(11)7-15(22)20(18(19)23)27-16-4-6-25-21-14(16)8-17(28-21)12-3-2-5-24-10-12/h3-4,6-9,11,24H,2,5,10H2,1H3,(H,25,27). The van der Waals surface area contributed by atoms with Crippen LogP contribution in [0.15, 0.2) is 35.5 Å². The van der Waals surface area contributed by atoms with E-state index in [0.717, 1.165) is 34.6 Å². The molecule has 0 saturated carbocycles. The molecular formula is C21H18F2N4S. The number of pyridine rings is 1. The molecule has 0 bridgehead atoms. The van der Waals surface area contributed by atoms with Gasteiger partial charge in [0.1, 0.15) is 22.0 Å². The van der Waals surface area contributed by atoms with Gasteiger partial charge in [0, 0.05) is 35.1 Å². The summed E-state index contributed by atoms with van der Waals surface area (Å²) in [6, 6.07) is 5.15. The predicted octanol–water partition coefficient (Wildman–Crippen LogP) is 5.51. The number of anilines is 2. The van der Waals surface area contributed by atoms with Crippen molar-refractivity contribution in [1.29, 1.82) is 0 Å². The molecule has 2 N–H and O–H groups in total. The summed E-state index contributed by atoms with van der Waals surface area (Å²) in [7, 11) is 0. The molecule has 2 aliphatic heterocycles. The number of aromatic nitrogens is 1. The minimum Gasteiger partial charge on any atom is -0.350 e. The van der Waals surface area contributed by atoms with Crippen molar-refractivity contribution in [2.75, 3.05) is 18.4 Å². The number of benzene rings is 1. The van der Waals surface area contributed by atoms with Crippen LogP contribution >= 0.6 is 11.3 Å². The molecule has 0 radical (unpaired) electrons. The quantitative estimate of drug-likeness (QED) is 0.613. The molecule has 4 heterocycles. The van der Waals surface area contributed by atoms with Crippen molar-refractivity contribution in [2.45, 2.75) is 19.3 Å². The zero-order valence-corrected chi connectivity index (χ0v) is 16.0. The van der Waals surface area contributed by atoms with Crippen molar-refractivity contribution in [2.24, 2.45) is 4.99 Å². The highest BCUT2D eigenvalue weighted by Gasteiger charge is 2.25. The van der Waals surface area contributed by atoms with E-state index in [1.807, 2.05) is 13.0 Å². The van der Waals surface area contributed by atoms with Gasteiger partial charge in [-0.15, -0.1) is 11.3 Å². The van der Waals surface area contributed by atoms with E-state index < -0.39 is 11.6 Å². The molecule has 1 atom stereocenters. The lowest BCUT2D eigenvalue weighted by atomic mass is 10.0. The Balaban J connectivity index is 1.57. The molecule has 142 valence electrons. The maximum Gasteiger partial charge on any atom is 0.175 e. The number of rotatable bonds is 3. The van der Waals surface area contributed by atoms with E-state index in [4.69, 9.17) is 0 Å². The summed E-state index contributed by atoms with van der Waals surface area (Å²) in [6.07, 6.45) is 6.51. The largest absolute Gasteiger partial charge is 0.350 e. The van der Waals surface area contributed by atoms with E-state index in [0.29, 0.717) is 11.3 Å². The highest BCUT2D eigenvalue weighted by atomic mass is 32.1. The molecule has 2 aliphatic rings. The van der Waals surface area contributed by atoms with Crippen LogP contribution in [0.3, 0.4) is 0 Å². The Kier molecular flexibility index (Phi) is 4.21. The van der Waals surface area contributed by atoms with Gasteiger partial charge in [0.05, 0.1) is 5.69 Å². The molecule has 0 amide bonds. The van der Waals surface area contributed by atoms with Gasteiger partial charge >= 0.3 is 0 Å². The summed E-state index contributed by atoms with van der Waals surface area (Å²) < 4.78 is 29.6. The Morgan fingerprint density at radius 2 is 2.18 bits per heavy atom. The van der Waals surface area contributed by atoms with Gasteiger partial charge in [-0.3, -0.25) is 4.99 Å². The molecule has 1 unspecified atom stereocenters. The van der Waals surface area contributed by atoms with Crippen LogP contribution < -0.4 is 10.6 Å². The third kappa shape index (κ3) is 2.82. The van der Waals surface area contributed by atoms with Gasteiger partial charge in [-0.25, -0.2) is 13.8 Å². The van der Waals surface area contributed by atoms with Crippen LogP contribution in [-0.2, 0) is 0 Å². The van der Waals surface area contributed by atoms with Crippen molar-refractivity contribution in [3.05, 3.63) is 52.5 Å². The van der Waals surface area contributed by atoms with Crippen LogP contribution in [0.4, 0.5) is 25.8 Å². The van der Waals surface area contributed by atoms with Crippen LogP contribution in [0.5, 0.6) is 0 Å². The van der Waals surface area contributed by atoms with E-state index in [-0.39, 0.29) is 17.3 Å². The summed E-state index contributed by atoms with van der Waals surface area (Å²) in [5, 5.41) is 7.17. The zero-order valence-electron chi connectivity index (χ0n) is 15.2. The summed E-state index contributed by atoms with van der Waals surface area (Å²) in [5.41, 5.74) is 2.48. The van der Waals surface area contributed by atoms with Crippen molar-refractivity contribution in [3.63, 3.8) is 0 Å². The van der Waals surface area contributed by atoms with Crippen molar-refractivity contribution in [1.82, 2.24) is 10.3 Å². The Morgan fingerprint density at radius 3 is 3.00 bits per heavy atom. The fourth-order valence-corrected chi connectivity index (χ4v) is 4.72. The number of aliphatic imine (C=N–C) groups is 1. The van der Waals surface area contributed by atoms with Gasteiger partial charge in [-0.05, 0) is 42.3 Å². The molecule has 0 spiro atoms. The van der Waals surface area contributed by atoms with E-state index in [1.165, 1.54) is 11.6 Å². The van der Waals surface area contributed by atoms with Gasteiger partial charge in [-0.1, -0.05) is 13.0 Å². The third-order valence-corrected chi connectivity index (χ3v) is 6.30. The molecule has 0 fully saturated rings. The minimum atomic E-state index is -0.657. The summed E-state index contributed by atoms with van der Waals surface area (Å²) >= 11 is 1.59. The zero-order chi connectivity index (χ0) is 19.3. The second-order valence-electron chi connectivity index (χ2n) is 7.06. The first-order valence-corrected chi connectivity index (χ1v) is 10.0. The lowest BCUT2D eigenvalue weighted by Crippen LogP contribution is -2.20. The monoisotopic (exact) mass is 396 g/mol. The topological polar surface area (TPSA) is 49.3 Å². The number of nitrogens with zero attached hydrogens (tertiary/aromatic N) is 2. The third-order valence-electron chi connectivity index (χ3n) is 5.18. The van der Waals surface area contributed by atoms with Crippen molar-refractivity contribution < 1.29 is 8.78 Å². The fourth-order valence-electron chi connectivity index (χ4n) is 3.66. The van der Waals surface area contributed by atoms with Gasteiger partial charge < -0.3 is 10.6 Å². The van der Waals surface area contributed by atoms with E-state index in [9.17, 15) is 8.78 Å². The Bertz CT molecular complexity index is 1150. The van der Waals surface area contributed by atoms with Gasteiger partial charge in [0.2, 0.25) is 0 Å². The Morgan fingerprint density at radius 1 is 1.29 bits per heavy atom. The van der Waals surface area contributed by atoms with Crippen LogP contribution in [0.25, 0.3) is 15.8 Å². The number of thiophene rings is 1. The molecular weight excluding hydrogens is 378 g/mol. The summed E-state index contributed by atoms with van der Waals surface area (Å²) in [6.45, 7) is 3.67. The maximum atomic E-state index is 14.9. The lowest BCUT2D eigenvalue weighted by Gasteiger charge is -2.13. The molecule has 0 aliphatic carbocycles. The Hall–Kier alpha value is -2.64. The highest BCUT2D eigenvalue weighted by Crippen LogP contribution is 2.41. The SMILES string of the molecule is CC1C=Nc2c1cc(F)c(Nc1ccnc3sc(C4=CCCNC4)cc13)c2F. The summed E-state index contributed by atoms with van der Waals surface area (Å²) in [4.78, 5) is 10.5. The second-order valence-corrected chi connectivity index (χ2v) is 8.09. The fraction of sp³-hybridized carbons (Fsp3) is 0.238. The molecule has 5 rings (SSSR count). The Labute approximate surface area is 165 Å². The number of hydrogen-bond acceptors (Lipinski definition) is 5. The average molecular weight is 396 g/mol. The first-order chi connectivity index (χ1) is 13.6. The van der Waals surface area contributed by atoms with Crippen LogP contribution in [0, 0.1) is 11.6 Å². The van der Waals surface area contributed by atoms with E-state index in [1.54, 1.807) is 29.8 Å². The first-order valence-electron chi connectivity index (χ1n) is 9.23. The molecule has 2 aromatic heterocycles. The number of fused-ring (bicyclic) bond motifs is 2. The number of hydrogen-bond donors (Lipinski definition) is 2. The number of nitrogens with one attached hydrogen (secondary N) is 2. The van der Waals surface area contributed by atoms with Gasteiger partial charge in [0.15, 0.2) is 5.82 Å². The highest BCUT2D eigenvalue weighted by molar-refractivity contribution is 7.19. The first kappa shape index (κ1) is 17.5. The molecule has 7 heteroatoms. The van der Waals surface area contributed by atoms with Crippen LogP contribution in [0.2, 0.25) is 0 Å². The van der Waals surface area contributed by atoms with E-state index >= 15 is 0 Å². The second kappa shape index (κ2) is 6.76. The molecule has 3 aromatic rings. The minimum absolute atomic E-state index is 0.0857. The van der Waals surface area contributed by atoms with Gasteiger partial charge in [-0.2, -0.15) is 0 Å². The van der Waals surface area contributed by atoms with Gasteiger partial charge in [0.25, 0.3) is 0 Å². The van der Waals surface area contributed by atoms with Crippen molar-refractivity contribution in [3.8, 4) is 0 Å². The maximum absolute atomic E-state index is 14.9. The van der Waals surface area contributed by atoms with E-state index in [2.05, 4.69) is 26.7 Å². The molecule has 1 aromatic carbocycles. The van der Waals surface area contributed by atoms with Crippen LogP contribution in [0.1, 0.15) is 29.7 Å². The smallest absolute Gasteiger partial charge is 0.175 e. The predicted molar refractivity (Wildman–Crippen MR) is 111 cm³/mol. The summed E-state index contributed by atoms with van der Waals surface area (Å²) in [5.74, 6) is -1.36. The lowest BCUT2D eigenvalue weighted by molar-refractivity contribution is 0.590. The normalized spacial score (nSPS) is 18.4. The molecule has 4 nitrogen and oxygen atoms in total.